The number of alkyl carbamates (subject to hydrolysis) is 1. The number of methoxy groups -OCH3 is 1. The van der Waals surface area contributed by atoms with Crippen LogP contribution in [0.1, 0.15) is 58.3 Å². The van der Waals surface area contributed by atoms with Crippen molar-refractivity contribution in [1.29, 1.82) is 0 Å². The molecular weight excluding hydrogens is 382 g/mol. The fourth-order valence-corrected chi connectivity index (χ4v) is 4.03. The lowest BCUT2D eigenvalue weighted by molar-refractivity contribution is -0.133. The minimum absolute atomic E-state index is 0.0555. The Morgan fingerprint density at radius 1 is 1.30 bits per heavy atom. The third-order valence-electron chi connectivity index (χ3n) is 5.26. The number of H-pyrrole nitrogens is 1. The number of amides is 2. The molecule has 1 unspecified atom stereocenters. The molecule has 1 aliphatic heterocycles. The van der Waals surface area contributed by atoms with E-state index in [4.69, 9.17) is 9.47 Å². The topological polar surface area (TPSA) is 83.7 Å². The van der Waals surface area contributed by atoms with Gasteiger partial charge in [0.05, 0.1) is 13.2 Å². The van der Waals surface area contributed by atoms with E-state index in [0.29, 0.717) is 12.5 Å². The zero-order valence-electron chi connectivity index (χ0n) is 18.8. The van der Waals surface area contributed by atoms with Crippen LogP contribution in [0.5, 0.6) is 5.75 Å². The lowest BCUT2D eigenvalue weighted by atomic mass is 9.91. The lowest BCUT2D eigenvalue weighted by Crippen LogP contribution is -2.46. The van der Waals surface area contributed by atoms with Gasteiger partial charge in [-0.3, -0.25) is 4.79 Å². The van der Waals surface area contributed by atoms with Crippen molar-refractivity contribution >= 4 is 22.9 Å². The Bertz CT molecular complexity index is 926. The third-order valence-corrected chi connectivity index (χ3v) is 5.26. The number of ether oxygens (including phenoxy) is 2. The van der Waals surface area contributed by atoms with Gasteiger partial charge in [-0.1, -0.05) is 13.8 Å². The smallest absolute Gasteiger partial charge is 0.408 e. The Balaban J connectivity index is 1.83. The van der Waals surface area contributed by atoms with Crippen LogP contribution in [0.2, 0.25) is 0 Å². The molecule has 30 heavy (non-hydrogen) atoms. The molecule has 0 fully saturated rings. The van der Waals surface area contributed by atoms with Crippen LogP contribution < -0.4 is 10.1 Å². The van der Waals surface area contributed by atoms with Gasteiger partial charge in [-0.2, -0.15) is 0 Å². The maximum Gasteiger partial charge on any atom is 0.408 e. The van der Waals surface area contributed by atoms with Gasteiger partial charge in [-0.25, -0.2) is 4.79 Å². The fraction of sp³-hybridized carbons (Fsp3) is 0.565. The van der Waals surface area contributed by atoms with Crippen LogP contribution in [0.3, 0.4) is 0 Å². The van der Waals surface area contributed by atoms with Gasteiger partial charge in [0.25, 0.3) is 0 Å². The first-order chi connectivity index (χ1) is 14.1. The standard InChI is InChI=1S/C23H33N3O4/c1-14(2)11-19-21-16(17-12-15(29-6)7-8-18(17)25-21)9-10-26(19)20(27)13-24-22(28)30-23(3,4)5/h7-8,12,14,19,25H,9-11,13H2,1-6H3,(H,24,28). The molecule has 7 nitrogen and oxygen atoms in total. The molecule has 0 radical (unpaired) electrons. The van der Waals surface area contributed by atoms with Crippen molar-refractivity contribution in [3.8, 4) is 5.75 Å². The highest BCUT2D eigenvalue weighted by atomic mass is 16.6. The summed E-state index contributed by atoms with van der Waals surface area (Å²) < 4.78 is 10.6. The summed E-state index contributed by atoms with van der Waals surface area (Å²) in [7, 11) is 1.67. The number of hydrogen-bond acceptors (Lipinski definition) is 4. The van der Waals surface area contributed by atoms with Crippen molar-refractivity contribution < 1.29 is 19.1 Å². The minimum Gasteiger partial charge on any atom is -0.497 e. The molecule has 0 bridgehead atoms. The van der Waals surface area contributed by atoms with E-state index in [0.717, 1.165) is 35.2 Å². The molecule has 2 heterocycles. The quantitative estimate of drug-likeness (QED) is 0.768. The highest BCUT2D eigenvalue weighted by molar-refractivity contribution is 5.88. The second-order valence-corrected chi connectivity index (χ2v) is 9.27. The van der Waals surface area contributed by atoms with E-state index in [1.54, 1.807) is 27.9 Å². The van der Waals surface area contributed by atoms with E-state index in [1.807, 2.05) is 17.0 Å². The molecule has 2 aromatic rings. The van der Waals surface area contributed by atoms with Crippen molar-refractivity contribution in [1.82, 2.24) is 15.2 Å². The average Bonchev–Trinajstić information content (AvgIpc) is 3.03. The van der Waals surface area contributed by atoms with Gasteiger partial charge in [-0.05, 0) is 63.3 Å². The number of hydrogen-bond donors (Lipinski definition) is 2. The molecule has 7 heteroatoms. The molecule has 164 valence electrons. The predicted molar refractivity (Wildman–Crippen MR) is 117 cm³/mol. The van der Waals surface area contributed by atoms with Crippen molar-refractivity contribution in [2.45, 2.75) is 59.1 Å². The summed E-state index contributed by atoms with van der Waals surface area (Å²) in [5, 5.41) is 3.75. The molecule has 3 rings (SSSR count). The van der Waals surface area contributed by atoms with Gasteiger partial charge >= 0.3 is 6.09 Å². The number of fused-ring (bicyclic) bond motifs is 3. The zero-order chi connectivity index (χ0) is 22.1. The monoisotopic (exact) mass is 415 g/mol. The van der Waals surface area contributed by atoms with Crippen molar-refractivity contribution in [2.24, 2.45) is 5.92 Å². The Kier molecular flexibility index (Phi) is 6.29. The van der Waals surface area contributed by atoms with Crippen molar-refractivity contribution in [2.75, 3.05) is 20.2 Å². The fourth-order valence-electron chi connectivity index (χ4n) is 4.03. The molecule has 2 N–H and O–H groups in total. The SMILES string of the molecule is COc1ccc2[nH]c3c(c2c1)CCN(C(=O)CNC(=O)OC(C)(C)C)C3CC(C)C. The Morgan fingerprint density at radius 2 is 2.03 bits per heavy atom. The minimum atomic E-state index is -0.598. The summed E-state index contributed by atoms with van der Waals surface area (Å²) in [5.41, 5.74) is 2.79. The molecule has 1 atom stereocenters. The molecule has 1 aromatic carbocycles. The largest absolute Gasteiger partial charge is 0.497 e. The van der Waals surface area contributed by atoms with Crippen molar-refractivity contribution in [3.63, 3.8) is 0 Å². The van der Waals surface area contributed by atoms with Gasteiger partial charge in [0.15, 0.2) is 0 Å². The van der Waals surface area contributed by atoms with Gasteiger partial charge in [0, 0.05) is 23.1 Å². The number of carbonyl (C=O) groups excluding carboxylic acids is 2. The molecule has 0 saturated carbocycles. The van der Waals surface area contributed by atoms with E-state index in [1.165, 1.54) is 5.56 Å². The number of aromatic amines is 1. The van der Waals surface area contributed by atoms with Gasteiger partial charge in [0.2, 0.25) is 5.91 Å². The van der Waals surface area contributed by atoms with Gasteiger partial charge in [0.1, 0.15) is 17.9 Å². The van der Waals surface area contributed by atoms with E-state index in [2.05, 4.69) is 30.2 Å². The second kappa shape index (κ2) is 8.58. The van der Waals surface area contributed by atoms with Crippen LogP contribution in [0.15, 0.2) is 18.2 Å². The highest BCUT2D eigenvalue weighted by Crippen LogP contribution is 2.38. The predicted octanol–water partition coefficient (Wildman–Crippen LogP) is 4.17. The number of aromatic nitrogens is 1. The van der Waals surface area contributed by atoms with E-state index >= 15 is 0 Å². The number of nitrogens with zero attached hydrogens (tertiary/aromatic N) is 1. The van der Waals surface area contributed by atoms with Gasteiger partial charge in [-0.15, -0.1) is 0 Å². The molecule has 0 spiro atoms. The molecule has 1 aliphatic rings. The van der Waals surface area contributed by atoms with E-state index in [9.17, 15) is 9.59 Å². The summed E-state index contributed by atoms with van der Waals surface area (Å²) in [6.07, 6.45) is 1.02. The average molecular weight is 416 g/mol. The maximum absolute atomic E-state index is 13.0. The van der Waals surface area contributed by atoms with Crippen molar-refractivity contribution in [3.05, 3.63) is 29.5 Å². The summed E-state index contributed by atoms with van der Waals surface area (Å²) >= 11 is 0. The second-order valence-electron chi connectivity index (χ2n) is 9.27. The molecule has 1 aromatic heterocycles. The first kappa shape index (κ1) is 22.0. The maximum atomic E-state index is 13.0. The molecular formula is C23H33N3O4. The number of benzene rings is 1. The Hall–Kier alpha value is -2.70. The summed E-state index contributed by atoms with van der Waals surface area (Å²) in [5.74, 6) is 1.13. The third kappa shape index (κ3) is 4.89. The number of carbonyl (C=O) groups is 2. The highest BCUT2D eigenvalue weighted by Gasteiger charge is 2.34. The lowest BCUT2D eigenvalue weighted by Gasteiger charge is -2.37. The first-order valence-electron chi connectivity index (χ1n) is 10.5. The Labute approximate surface area is 178 Å². The summed E-state index contributed by atoms with van der Waals surface area (Å²) in [6, 6.07) is 5.96. The Morgan fingerprint density at radius 3 is 2.67 bits per heavy atom. The van der Waals surface area contributed by atoms with E-state index in [-0.39, 0.29) is 18.5 Å². The van der Waals surface area contributed by atoms with E-state index < -0.39 is 11.7 Å². The van der Waals surface area contributed by atoms with Gasteiger partial charge < -0.3 is 24.7 Å². The van der Waals surface area contributed by atoms with Crippen LogP contribution in [0.4, 0.5) is 4.79 Å². The molecule has 0 saturated heterocycles. The molecule has 0 aliphatic carbocycles. The zero-order valence-corrected chi connectivity index (χ0v) is 18.8. The van der Waals surface area contributed by atoms with Crippen LogP contribution in [0.25, 0.3) is 10.9 Å². The van der Waals surface area contributed by atoms with Crippen LogP contribution in [0, 0.1) is 5.92 Å². The summed E-state index contributed by atoms with van der Waals surface area (Å²) in [4.78, 5) is 30.4. The molecule has 2 amide bonds. The van der Waals surface area contributed by atoms with Crippen LogP contribution in [-0.4, -0.2) is 47.7 Å². The number of nitrogens with one attached hydrogen (secondary N) is 2. The first-order valence-corrected chi connectivity index (χ1v) is 10.5. The normalized spacial score (nSPS) is 16.5. The summed E-state index contributed by atoms with van der Waals surface area (Å²) in [6.45, 7) is 10.2. The van der Waals surface area contributed by atoms with Crippen LogP contribution >= 0.6 is 0 Å². The number of rotatable bonds is 5. The van der Waals surface area contributed by atoms with Crippen LogP contribution in [-0.2, 0) is 16.0 Å².